The molecule has 4 rings (SSSR count). The molecule has 2 aliphatic rings. The van der Waals surface area contributed by atoms with Crippen LogP contribution in [0.15, 0.2) is 24.4 Å². The first-order chi connectivity index (χ1) is 15.1. The third-order valence-corrected chi connectivity index (χ3v) is 6.90. The number of aromatic nitrogens is 3. The molecule has 3 heterocycles. The number of rotatable bonds is 5. The van der Waals surface area contributed by atoms with Crippen LogP contribution in [0.5, 0.6) is 0 Å². The second-order valence-electron chi connectivity index (χ2n) is 8.10. The smallest absolute Gasteiger partial charge is 0.318 e. The van der Waals surface area contributed by atoms with Gasteiger partial charge in [0, 0.05) is 38.3 Å². The Morgan fingerprint density at radius 3 is 2.58 bits per heavy atom. The number of carbonyl (C=O) groups is 2. The minimum Gasteiger partial charge on any atom is -0.353 e. The van der Waals surface area contributed by atoms with Crippen molar-refractivity contribution in [1.29, 1.82) is 0 Å². The number of amides is 3. The first-order valence-corrected chi connectivity index (χ1v) is 11.8. The molecule has 10 heteroatoms. The highest BCUT2D eigenvalue weighted by Crippen LogP contribution is 2.35. The monoisotopic (exact) mass is 443 g/mol. The summed E-state index contributed by atoms with van der Waals surface area (Å²) in [5.74, 6) is 1.09. The van der Waals surface area contributed by atoms with Crippen LogP contribution in [0.2, 0.25) is 0 Å². The number of anilines is 2. The zero-order chi connectivity index (χ0) is 21.6. The predicted octanol–water partition coefficient (Wildman–Crippen LogP) is 2.84. The number of piperazine rings is 1. The molecule has 0 spiro atoms. The van der Waals surface area contributed by atoms with Crippen LogP contribution in [0.25, 0.3) is 0 Å². The Hall–Kier alpha value is -2.75. The van der Waals surface area contributed by atoms with Crippen molar-refractivity contribution in [3.05, 3.63) is 29.4 Å². The summed E-state index contributed by atoms with van der Waals surface area (Å²) in [4.78, 5) is 33.4. The van der Waals surface area contributed by atoms with Crippen molar-refractivity contribution in [2.24, 2.45) is 0 Å². The standard InChI is InChI=1S/C21H29N7O2S/c1-15(18(29)24-20-26-25-19(31-20)16-7-3-2-4-8-16)23-21(30)28-13-11-27(12-14-28)17-9-5-6-10-22-17/h5-6,9-10,15-16H,2-4,7-8,11-14H2,1H3,(H,23,30)(H,24,26,29). The van der Waals surface area contributed by atoms with E-state index in [0.717, 1.165) is 23.7 Å². The van der Waals surface area contributed by atoms with Crippen LogP contribution in [0.3, 0.4) is 0 Å². The first kappa shape index (κ1) is 21.5. The molecule has 1 aliphatic heterocycles. The molecule has 3 amide bonds. The Bertz CT molecular complexity index is 877. The van der Waals surface area contributed by atoms with Gasteiger partial charge >= 0.3 is 6.03 Å². The number of nitrogens with zero attached hydrogens (tertiary/aromatic N) is 5. The maximum Gasteiger partial charge on any atom is 0.318 e. The van der Waals surface area contributed by atoms with Crippen molar-refractivity contribution in [3.8, 4) is 0 Å². The van der Waals surface area contributed by atoms with E-state index in [0.29, 0.717) is 37.2 Å². The van der Waals surface area contributed by atoms with Crippen molar-refractivity contribution in [1.82, 2.24) is 25.4 Å². The van der Waals surface area contributed by atoms with E-state index in [-0.39, 0.29) is 11.9 Å². The maximum atomic E-state index is 12.6. The van der Waals surface area contributed by atoms with Gasteiger partial charge in [0.15, 0.2) is 0 Å². The first-order valence-electron chi connectivity index (χ1n) is 11.0. The van der Waals surface area contributed by atoms with E-state index >= 15 is 0 Å². The summed E-state index contributed by atoms with van der Waals surface area (Å²) >= 11 is 1.44. The minimum absolute atomic E-state index is 0.233. The molecule has 0 bridgehead atoms. The van der Waals surface area contributed by atoms with Gasteiger partial charge in [0.1, 0.15) is 16.9 Å². The zero-order valence-corrected chi connectivity index (χ0v) is 18.6. The van der Waals surface area contributed by atoms with Crippen LogP contribution in [0.1, 0.15) is 50.0 Å². The molecule has 1 saturated heterocycles. The van der Waals surface area contributed by atoms with Crippen molar-refractivity contribution >= 4 is 34.2 Å². The van der Waals surface area contributed by atoms with Gasteiger partial charge in [0.25, 0.3) is 0 Å². The van der Waals surface area contributed by atoms with Crippen LogP contribution < -0.4 is 15.5 Å². The summed E-state index contributed by atoms with van der Waals surface area (Å²) in [7, 11) is 0. The lowest BCUT2D eigenvalue weighted by molar-refractivity contribution is -0.117. The topological polar surface area (TPSA) is 103 Å². The summed E-state index contributed by atoms with van der Waals surface area (Å²) in [5.41, 5.74) is 0. The quantitative estimate of drug-likeness (QED) is 0.737. The fourth-order valence-electron chi connectivity index (χ4n) is 4.03. The van der Waals surface area contributed by atoms with Gasteiger partial charge in [0.2, 0.25) is 11.0 Å². The molecule has 1 aliphatic carbocycles. The molecule has 1 unspecified atom stereocenters. The summed E-state index contributed by atoms with van der Waals surface area (Å²) in [6.07, 6.45) is 7.79. The number of nitrogens with one attached hydrogen (secondary N) is 2. The van der Waals surface area contributed by atoms with E-state index in [2.05, 4.69) is 30.7 Å². The van der Waals surface area contributed by atoms with Gasteiger partial charge in [-0.1, -0.05) is 36.7 Å². The second-order valence-corrected chi connectivity index (χ2v) is 9.11. The van der Waals surface area contributed by atoms with Gasteiger partial charge in [-0.05, 0) is 31.9 Å². The van der Waals surface area contributed by atoms with E-state index in [9.17, 15) is 9.59 Å². The van der Waals surface area contributed by atoms with Gasteiger partial charge in [-0.15, -0.1) is 10.2 Å². The lowest BCUT2D eigenvalue weighted by atomic mass is 9.90. The fourth-order valence-corrected chi connectivity index (χ4v) is 4.95. The lowest BCUT2D eigenvalue weighted by Gasteiger charge is -2.35. The number of hydrogen-bond donors (Lipinski definition) is 2. The van der Waals surface area contributed by atoms with Crippen molar-refractivity contribution in [2.75, 3.05) is 36.4 Å². The Labute approximate surface area is 186 Å². The SMILES string of the molecule is CC(NC(=O)N1CCN(c2ccccn2)CC1)C(=O)Nc1nnc(C2CCCCC2)s1. The maximum absolute atomic E-state index is 12.6. The van der Waals surface area contributed by atoms with Crippen LogP contribution in [0, 0.1) is 0 Å². The average molecular weight is 444 g/mol. The van der Waals surface area contributed by atoms with Crippen LogP contribution in [-0.4, -0.2) is 64.2 Å². The fraction of sp³-hybridized carbons (Fsp3) is 0.571. The van der Waals surface area contributed by atoms with Crippen molar-refractivity contribution in [2.45, 2.75) is 51.0 Å². The van der Waals surface area contributed by atoms with E-state index in [4.69, 9.17) is 0 Å². The third kappa shape index (κ3) is 5.49. The van der Waals surface area contributed by atoms with Crippen molar-refractivity contribution in [3.63, 3.8) is 0 Å². The van der Waals surface area contributed by atoms with Gasteiger partial charge < -0.3 is 15.1 Å². The van der Waals surface area contributed by atoms with E-state index in [1.165, 1.54) is 30.6 Å². The number of pyridine rings is 1. The van der Waals surface area contributed by atoms with E-state index in [1.54, 1.807) is 18.0 Å². The Morgan fingerprint density at radius 2 is 1.87 bits per heavy atom. The van der Waals surface area contributed by atoms with E-state index < -0.39 is 6.04 Å². The van der Waals surface area contributed by atoms with Gasteiger partial charge in [-0.2, -0.15) is 0 Å². The highest BCUT2D eigenvalue weighted by atomic mass is 32.1. The zero-order valence-electron chi connectivity index (χ0n) is 17.8. The number of urea groups is 1. The van der Waals surface area contributed by atoms with Crippen LogP contribution >= 0.6 is 11.3 Å². The minimum atomic E-state index is -0.664. The predicted molar refractivity (Wildman–Crippen MR) is 120 cm³/mol. The highest BCUT2D eigenvalue weighted by molar-refractivity contribution is 7.15. The Kier molecular flexibility index (Phi) is 6.96. The Morgan fingerprint density at radius 1 is 1.10 bits per heavy atom. The summed E-state index contributed by atoms with van der Waals surface area (Å²) in [6.45, 7) is 4.26. The molecule has 2 fully saturated rings. The molecular weight excluding hydrogens is 414 g/mol. The van der Waals surface area contributed by atoms with Crippen LogP contribution in [-0.2, 0) is 4.79 Å². The molecular formula is C21H29N7O2S. The molecule has 166 valence electrons. The molecule has 0 radical (unpaired) electrons. The van der Waals surface area contributed by atoms with Crippen molar-refractivity contribution < 1.29 is 9.59 Å². The Balaban J connectivity index is 1.23. The van der Waals surface area contributed by atoms with Gasteiger partial charge in [-0.3, -0.25) is 10.1 Å². The number of hydrogen-bond acceptors (Lipinski definition) is 7. The largest absolute Gasteiger partial charge is 0.353 e. The van der Waals surface area contributed by atoms with E-state index in [1.807, 2.05) is 18.2 Å². The third-order valence-electron chi connectivity index (χ3n) is 5.90. The second kappa shape index (κ2) is 10.0. The molecule has 1 atom stereocenters. The highest BCUT2D eigenvalue weighted by Gasteiger charge is 2.25. The van der Waals surface area contributed by atoms with Gasteiger partial charge in [0.05, 0.1) is 0 Å². The molecule has 0 aromatic carbocycles. The molecule has 2 aromatic rings. The average Bonchev–Trinajstić information content (AvgIpc) is 3.29. The molecule has 9 nitrogen and oxygen atoms in total. The van der Waals surface area contributed by atoms with Crippen LogP contribution in [0.4, 0.5) is 15.7 Å². The molecule has 31 heavy (non-hydrogen) atoms. The van der Waals surface area contributed by atoms with Gasteiger partial charge in [-0.25, -0.2) is 9.78 Å². The molecule has 2 aromatic heterocycles. The number of carbonyl (C=O) groups excluding carboxylic acids is 2. The molecule has 1 saturated carbocycles. The summed E-state index contributed by atoms with van der Waals surface area (Å²) in [5, 5.41) is 15.5. The summed E-state index contributed by atoms with van der Waals surface area (Å²) in [6, 6.07) is 4.91. The normalized spacial score (nSPS) is 18.5. The summed E-state index contributed by atoms with van der Waals surface area (Å²) < 4.78 is 0. The molecule has 2 N–H and O–H groups in total. The lowest BCUT2D eigenvalue weighted by Crippen LogP contribution is -2.54.